The zero-order valence-electron chi connectivity index (χ0n) is 12.2. The Morgan fingerprint density at radius 1 is 1.40 bits per heavy atom. The average molecular weight is 273 g/mol. The van der Waals surface area contributed by atoms with Gasteiger partial charge in [-0.05, 0) is 36.3 Å². The molecule has 0 aliphatic heterocycles. The topological polar surface area (TPSA) is 61.7 Å². The van der Waals surface area contributed by atoms with Gasteiger partial charge in [0.15, 0.2) is 0 Å². The van der Waals surface area contributed by atoms with Gasteiger partial charge in [0.2, 0.25) is 0 Å². The lowest BCUT2D eigenvalue weighted by molar-refractivity contribution is 0.461. The molecule has 0 bridgehead atoms. The zero-order chi connectivity index (χ0) is 14.1. The molecule has 2 aromatic heterocycles. The summed E-state index contributed by atoms with van der Waals surface area (Å²) < 4.78 is 4.14. The Morgan fingerprint density at radius 2 is 2.20 bits per heavy atom. The van der Waals surface area contributed by atoms with Crippen LogP contribution in [0.2, 0.25) is 0 Å². The van der Waals surface area contributed by atoms with Crippen LogP contribution in [-0.2, 0) is 13.1 Å². The van der Waals surface area contributed by atoms with Crippen LogP contribution in [0, 0.1) is 11.8 Å². The van der Waals surface area contributed by atoms with E-state index in [1.165, 1.54) is 18.4 Å². The molecule has 0 aromatic carbocycles. The summed E-state index contributed by atoms with van der Waals surface area (Å²) in [5.41, 5.74) is 7.47. The SMILES string of the molecule is CC(C)Cn1ncnc1Cn1ccc(C(N)C2CC2)c1. The van der Waals surface area contributed by atoms with Crippen LogP contribution in [0.15, 0.2) is 24.8 Å². The predicted molar refractivity (Wildman–Crippen MR) is 78.0 cm³/mol. The summed E-state index contributed by atoms with van der Waals surface area (Å²) in [6.07, 6.45) is 8.42. The number of nitrogens with zero attached hydrogens (tertiary/aromatic N) is 4. The molecular formula is C15H23N5. The van der Waals surface area contributed by atoms with E-state index in [-0.39, 0.29) is 6.04 Å². The van der Waals surface area contributed by atoms with E-state index >= 15 is 0 Å². The van der Waals surface area contributed by atoms with Crippen LogP contribution >= 0.6 is 0 Å². The van der Waals surface area contributed by atoms with Crippen LogP contribution in [0.5, 0.6) is 0 Å². The highest BCUT2D eigenvalue weighted by Crippen LogP contribution is 2.39. The normalized spacial score (nSPS) is 16.8. The molecule has 5 nitrogen and oxygen atoms in total. The maximum absolute atomic E-state index is 6.24. The molecule has 1 atom stereocenters. The van der Waals surface area contributed by atoms with Crippen LogP contribution in [0.25, 0.3) is 0 Å². The number of nitrogens with two attached hydrogens (primary N) is 1. The van der Waals surface area contributed by atoms with Gasteiger partial charge in [-0.15, -0.1) is 0 Å². The molecule has 3 rings (SSSR count). The van der Waals surface area contributed by atoms with Gasteiger partial charge >= 0.3 is 0 Å². The van der Waals surface area contributed by atoms with Gasteiger partial charge in [0.05, 0.1) is 6.54 Å². The van der Waals surface area contributed by atoms with Gasteiger partial charge in [-0.3, -0.25) is 0 Å². The minimum absolute atomic E-state index is 0.199. The molecule has 1 unspecified atom stereocenters. The van der Waals surface area contributed by atoms with E-state index in [2.05, 4.69) is 47.0 Å². The minimum atomic E-state index is 0.199. The quantitative estimate of drug-likeness (QED) is 0.877. The molecule has 1 aliphatic carbocycles. The van der Waals surface area contributed by atoms with E-state index in [0.717, 1.165) is 18.9 Å². The summed E-state index contributed by atoms with van der Waals surface area (Å²) in [6.45, 7) is 6.04. The zero-order valence-corrected chi connectivity index (χ0v) is 12.2. The van der Waals surface area contributed by atoms with E-state index in [1.807, 2.05) is 4.68 Å². The van der Waals surface area contributed by atoms with Gasteiger partial charge in [0.1, 0.15) is 12.2 Å². The van der Waals surface area contributed by atoms with Crippen molar-refractivity contribution >= 4 is 0 Å². The maximum atomic E-state index is 6.24. The molecule has 0 saturated heterocycles. The number of hydrogen-bond acceptors (Lipinski definition) is 3. The largest absolute Gasteiger partial charge is 0.346 e. The standard InChI is InChI=1S/C15H23N5/c1-11(2)7-20-14(17-10-18-20)9-19-6-5-13(8-19)15(16)12-3-4-12/h5-6,8,10-12,15H,3-4,7,9,16H2,1-2H3. The fourth-order valence-corrected chi connectivity index (χ4v) is 2.55. The summed E-state index contributed by atoms with van der Waals surface area (Å²) >= 11 is 0. The second-order valence-corrected chi connectivity index (χ2v) is 6.23. The molecule has 108 valence electrons. The lowest BCUT2D eigenvalue weighted by Gasteiger charge is -2.09. The second kappa shape index (κ2) is 5.40. The Labute approximate surface area is 119 Å². The predicted octanol–water partition coefficient (Wildman–Crippen LogP) is 2.19. The molecular weight excluding hydrogens is 250 g/mol. The summed E-state index contributed by atoms with van der Waals surface area (Å²) in [4.78, 5) is 4.37. The van der Waals surface area contributed by atoms with Gasteiger partial charge in [-0.25, -0.2) is 9.67 Å². The Morgan fingerprint density at radius 3 is 2.90 bits per heavy atom. The molecule has 0 spiro atoms. The Balaban J connectivity index is 1.70. The summed E-state index contributed by atoms with van der Waals surface area (Å²) in [5, 5.41) is 4.30. The molecule has 5 heteroatoms. The van der Waals surface area contributed by atoms with Gasteiger partial charge in [0, 0.05) is 25.0 Å². The third-order valence-corrected chi connectivity index (χ3v) is 3.85. The van der Waals surface area contributed by atoms with Gasteiger partial charge in [0.25, 0.3) is 0 Å². The monoisotopic (exact) mass is 273 g/mol. The van der Waals surface area contributed by atoms with Crippen molar-refractivity contribution in [2.45, 2.75) is 45.8 Å². The molecule has 2 N–H and O–H groups in total. The van der Waals surface area contributed by atoms with Crippen LogP contribution < -0.4 is 5.73 Å². The molecule has 1 fully saturated rings. The van der Waals surface area contributed by atoms with Crippen LogP contribution in [0.4, 0.5) is 0 Å². The molecule has 20 heavy (non-hydrogen) atoms. The molecule has 1 saturated carbocycles. The minimum Gasteiger partial charge on any atom is -0.346 e. The first-order valence-electron chi connectivity index (χ1n) is 7.41. The first kappa shape index (κ1) is 13.4. The smallest absolute Gasteiger partial charge is 0.146 e. The van der Waals surface area contributed by atoms with Gasteiger partial charge < -0.3 is 10.3 Å². The second-order valence-electron chi connectivity index (χ2n) is 6.23. The Hall–Kier alpha value is -1.62. The van der Waals surface area contributed by atoms with Crippen LogP contribution in [0.1, 0.15) is 44.1 Å². The third kappa shape index (κ3) is 2.93. The van der Waals surface area contributed by atoms with Crippen molar-refractivity contribution in [3.05, 3.63) is 36.2 Å². The first-order chi connectivity index (χ1) is 9.63. The Kier molecular flexibility index (Phi) is 3.61. The van der Waals surface area contributed by atoms with Crippen LogP contribution in [-0.4, -0.2) is 19.3 Å². The fraction of sp³-hybridized carbons (Fsp3) is 0.600. The van der Waals surface area contributed by atoms with Crippen molar-refractivity contribution in [3.8, 4) is 0 Å². The van der Waals surface area contributed by atoms with Crippen molar-refractivity contribution < 1.29 is 0 Å². The number of aromatic nitrogens is 4. The van der Waals surface area contributed by atoms with Gasteiger partial charge in [-0.1, -0.05) is 13.8 Å². The highest BCUT2D eigenvalue weighted by atomic mass is 15.3. The summed E-state index contributed by atoms with van der Waals surface area (Å²) in [7, 11) is 0. The van der Waals surface area contributed by atoms with E-state index in [1.54, 1.807) is 6.33 Å². The first-order valence-corrected chi connectivity index (χ1v) is 7.41. The lowest BCUT2D eigenvalue weighted by atomic mass is 10.1. The van der Waals surface area contributed by atoms with E-state index in [4.69, 9.17) is 5.73 Å². The van der Waals surface area contributed by atoms with Crippen molar-refractivity contribution in [1.82, 2.24) is 19.3 Å². The maximum Gasteiger partial charge on any atom is 0.146 e. The molecule has 0 amide bonds. The molecule has 2 heterocycles. The van der Waals surface area contributed by atoms with E-state index < -0.39 is 0 Å². The fourth-order valence-electron chi connectivity index (χ4n) is 2.55. The lowest BCUT2D eigenvalue weighted by Crippen LogP contribution is -2.13. The highest BCUT2D eigenvalue weighted by Gasteiger charge is 2.29. The summed E-state index contributed by atoms with van der Waals surface area (Å²) in [5.74, 6) is 2.26. The van der Waals surface area contributed by atoms with Crippen LogP contribution in [0.3, 0.4) is 0 Å². The van der Waals surface area contributed by atoms with E-state index in [9.17, 15) is 0 Å². The third-order valence-electron chi connectivity index (χ3n) is 3.85. The Bertz CT molecular complexity index is 564. The molecule has 0 radical (unpaired) electrons. The average Bonchev–Trinajstić information content (AvgIpc) is 3.01. The molecule has 1 aliphatic rings. The van der Waals surface area contributed by atoms with Gasteiger partial charge in [-0.2, -0.15) is 5.10 Å². The molecule has 2 aromatic rings. The van der Waals surface area contributed by atoms with Crippen molar-refractivity contribution in [2.75, 3.05) is 0 Å². The number of rotatable bonds is 6. The van der Waals surface area contributed by atoms with Crippen molar-refractivity contribution in [1.29, 1.82) is 0 Å². The van der Waals surface area contributed by atoms with E-state index in [0.29, 0.717) is 11.8 Å². The van der Waals surface area contributed by atoms with Crippen molar-refractivity contribution in [3.63, 3.8) is 0 Å². The summed E-state index contributed by atoms with van der Waals surface area (Å²) in [6, 6.07) is 2.33. The number of hydrogen-bond donors (Lipinski definition) is 1. The van der Waals surface area contributed by atoms with Crippen molar-refractivity contribution in [2.24, 2.45) is 17.6 Å². The highest BCUT2D eigenvalue weighted by molar-refractivity contribution is 5.18.